The molecule has 0 fully saturated rings. The molecule has 0 aromatic carbocycles. The number of amides is 1. The first-order valence-electron chi connectivity index (χ1n) is 30.3. The Bertz CT molecular complexity index is 1100. The first-order chi connectivity index (χ1) is 33.5. The van der Waals surface area contributed by atoms with Crippen molar-refractivity contribution in [3.8, 4) is 0 Å². The zero-order valence-corrected chi connectivity index (χ0v) is 45.6. The maximum Gasteiger partial charge on any atom is 0.305 e. The predicted octanol–water partition coefficient (Wildman–Crippen LogP) is 18.8. The average Bonchev–Trinajstić information content (AvgIpc) is 3.34. The van der Waals surface area contributed by atoms with Gasteiger partial charge in [0.15, 0.2) is 0 Å². The monoisotopic (exact) mass is 956 g/mol. The summed E-state index contributed by atoms with van der Waals surface area (Å²) in [5.74, 6) is -0.0957. The quantitative estimate of drug-likeness (QED) is 0.0321. The van der Waals surface area contributed by atoms with E-state index in [9.17, 15) is 19.8 Å². The molecular weight excluding hydrogens is 839 g/mol. The summed E-state index contributed by atoms with van der Waals surface area (Å²) in [4.78, 5) is 24.6. The summed E-state index contributed by atoms with van der Waals surface area (Å²) >= 11 is 0. The molecule has 0 aliphatic rings. The van der Waals surface area contributed by atoms with Crippen molar-refractivity contribution in [3.05, 3.63) is 36.5 Å². The molecule has 0 bridgehead atoms. The van der Waals surface area contributed by atoms with Gasteiger partial charge in [-0.05, 0) is 83.5 Å². The van der Waals surface area contributed by atoms with E-state index in [0.717, 1.165) is 70.6 Å². The molecule has 2 unspecified atom stereocenters. The Morgan fingerprint density at radius 1 is 0.397 bits per heavy atom. The fraction of sp³-hybridized carbons (Fsp3) is 0.871. The highest BCUT2D eigenvalue weighted by molar-refractivity contribution is 5.76. The van der Waals surface area contributed by atoms with Crippen molar-refractivity contribution in [2.24, 2.45) is 0 Å². The normalized spacial score (nSPS) is 12.8. The molecule has 0 aliphatic heterocycles. The van der Waals surface area contributed by atoms with Gasteiger partial charge in [-0.15, -0.1) is 0 Å². The van der Waals surface area contributed by atoms with E-state index in [-0.39, 0.29) is 18.5 Å². The van der Waals surface area contributed by atoms with Gasteiger partial charge in [-0.1, -0.05) is 262 Å². The SMILES string of the molecule is CCCCCCCCC/C=C\CCCCCCCCCC(=O)OCCCCCC/C=C\CCCCCCCCCC(=O)NC(CO)C(O)/C=C/CCCCCCCCCCCCCCCCCC. The number of hydrogen-bond acceptors (Lipinski definition) is 5. The van der Waals surface area contributed by atoms with Gasteiger partial charge in [0.2, 0.25) is 5.91 Å². The van der Waals surface area contributed by atoms with Gasteiger partial charge in [0.05, 0.1) is 25.4 Å². The smallest absolute Gasteiger partial charge is 0.305 e. The Kier molecular flexibility index (Phi) is 56.0. The van der Waals surface area contributed by atoms with Crippen LogP contribution in [0.15, 0.2) is 36.5 Å². The highest BCUT2D eigenvalue weighted by atomic mass is 16.5. The number of unbranched alkanes of at least 4 members (excludes halogenated alkanes) is 41. The Morgan fingerprint density at radius 3 is 1.04 bits per heavy atom. The molecule has 6 nitrogen and oxygen atoms in total. The third-order valence-electron chi connectivity index (χ3n) is 13.9. The summed E-state index contributed by atoms with van der Waals surface area (Å²) in [6.07, 6.45) is 71.7. The fourth-order valence-corrected chi connectivity index (χ4v) is 9.21. The van der Waals surface area contributed by atoms with Crippen LogP contribution in [0.1, 0.15) is 322 Å². The van der Waals surface area contributed by atoms with Crippen molar-refractivity contribution in [2.45, 2.75) is 334 Å². The first-order valence-corrected chi connectivity index (χ1v) is 30.3. The molecule has 0 radical (unpaired) electrons. The highest BCUT2D eigenvalue weighted by Gasteiger charge is 2.18. The van der Waals surface area contributed by atoms with Gasteiger partial charge >= 0.3 is 5.97 Å². The number of esters is 1. The average molecular weight is 957 g/mol. The minimum Gasteiger partial charge on any atom is -0.466 e. The zero-order chi connectivity index (χ0) is 49.3. The van der Waals surface area contributed by atoms with E-state index in [1.165, 1.54) is 225 Å². The van der Waals surface area contributed by atoms with E-state index in [0.29, 0.717) is 19.4 Å². The molecular formula is C62H117NO5. The second kappa shape index (κ2) is 57.7. The van der Waals surface area contributed by atoms with E-state index < -0.39 is 12.1 Å². The molecule has 0 aromatic heterocycles. The Labute approximate surface area is 424 Å². The fourth-order valence-electron chi connectivity index (χ4n) is 9.21. The molecule has 0 aliphatic carbocycles. The van der Waals surface area contributed by atoms with Gasteiger partial charge < -0.3 is 20.3 Å². The number of carbonyl (C=O) groups excluding carboxylic acids is 2. The van der Waals surface area contributed by atoms with Crippen LogP contribution in [0, 0.1) is 0 Å². The zero-order valence-electron chi connectivity index (χ0n) is 45.6. The number of carbonyl (C=O) groups is 2. The van der Waals surface area contributed by atoms with Gasteiger partial charge in [0.25, 0.3) is 0 Å². The number of ether oxygens (including phenoxy) is 1. The van der Waals surface area contributed by atoms with Gasteiger partial charge in [-0.3, -0.25) is 9.59 Å². The number of aliphatic hydroxyl groups is 2. The summed E-state index contributed by atoms with van der Waals surface area (Å²) in [7, 11) is 0. The van der Waals surface area contributed by atoms with Crippen molar-refractivity contribution in [3.63, 3.8) is 0 Å². The number of rotatable bonds is 56. The third-order valence-corrected chi connectivity index (χ3v) is 13.9. The lowest BCUT2D eigenvalue weighted by Gasteiger charge is -2.20. The molecule has 3 N–H and O–H groups in total. The molecule has 2 atom stereocenters. The second-order valence-electron chi connectivity index (χ2n) is 20.7. The van der Waals surface area contributed by atoms with Crippen molar-refractivity contribution < 1.29 is 24.5 Å². The highest BCUT2D eigenvalue weighted by Crippen LogP contribution is 2.16. The minimum absolute atomic E-state index is 0.0140. The van der Waals surface area contributed by atoms with Gasteiger partial charge in [-0.2, -0.15) is 0 Å². The van der Waals surface area contributed by atoms with Crippen LogP contribution >= 0.6 is 0 Å². The van der Waals surface area contributed by atoms with Crippen LogP contribution in [-0.2, 0) is 14.3 Å². The van der Waals surface area contributed by atoms with Crippen molar-refractivity contribution in [2.75, 3.05) is 13.2 Å². The molecule has 0 heterocycles. The third kappa shape index (κ3) is 53.4. The molecule has 1 amide bonds. The van der Waals surface area contributed by atoms with Crippen LogP contribution in [0.3, 0.4) is 0 Å². The summed E-state index contributed by atoms with van der Waals surface area (Å²) < 4.78 is 5.47. The van der Waals surface area contributed by atoms with Gasteiger partial charge in [-0.25, -0.2) is 0 Å². The number of hydrogen-bond donors (Lipinski definition) is 3. The van der Waals surface area contributed by atoms with Crippen LogP contribution in [0.4, 0.5) is 0 Å². The molecule has 0 saturated carbocycles. The van der Waals surface area contributed by atoms with E-state index in [2.05, 4.69) is 43.5 Å². The maximum atomic E-state index is 12.5. The van der Waals surface area contributed by atoms with Crippen molar-refractivity contribution in [1.29, 1.82) is 0 Å². The minimum atomic E-state index is -0.855. The molecule has 68 heavy (non-hydrogen) atoms. The van der Waals surface area contributed by atoms with Crippen LogP contribution in [0.25, 0.3) is 0 Å². The molecule has 6 heteroatoms. The summed E-state index contributed by atoms with van der Waals surface area (Å²) in [5.41, 5.74) is 0. The Morgan fingerprint density at radius 2 is 0.691 bits per heavy atom. The topological polar surface area (TPSA) is 95.9 Å². The number of allylic oxidation sites excluding steroid dienone is 5. The van der Waals surface area contributed by atoms with Crippen LogP contribution < -0.4 is 5.32 Å². The van der Waals surface area contributed by atoms with Crippen molar-refractivity contribution >= 4 is 11.9 Å². The second-order valence-corrected chi connectivity index (χ2v) is 20.7. The standard InChI is InChI=1S/C62H117NO5/c1-3-5-7-9-11-13-15-17-19-21-23-26-30-34-38-42-46-50-54-60(65)59(58-64)63-61(66)55-51-47-43-39-35-31-27-25-29-33-37-41-45-49-53-57-68-62(67)56-52-48-44-40-36-32-28-24-22-20-18-16-14-12-10-8-6-4-2/h20,22,29,33,50,54,59-60,64-65H,3-19,21,23-28,30-32,34-49,51-53,55-58H2,1-2H3,(H,63,66)/b22-20-,33-29-,54-50+. The lowest BCUT2D eigenvalue weighted by molar-refractivity contribution is -0.143. The largest absolute Gasteiger partial charge is 0.466 e. The van der Waals surface area contributed by atoms with Crippen LogP contribution in [0.5, 0.6) is 0 Å². The molecule has 0 rings (SSSR count). The summed E-state index contributed by atoms with van der Waals surface area (Å²) in [5, 5.41) is 23.1. The predicted molar refractivity (Wildman–Crippen MR) is 296 cm³/mol. The molecule has 400 valence electrons. The van der Waals surface area contributed by atoms with Crippen LogP contribution in [0.2, 0.25) is 0 Å². The lowest BCUT2D eigenvalue weighted by atomic mass is 10.0. The van der Waals surface area contributed by atoms with Gasteiger partial charge in [0, 0.05) is 12.8 Å². The molecule has 0 aromatic rings. The molecule has 0 saturated heterocycles. The number of aliphatic hydroxyl groups excluding tert-OH is 2. The number of nitrogens with one attached hydrogen (secondary N) is 1. The Balaban J connectivity index is 3.49. The molecule has 0 spiro atoms. The van der Waals surface area contributed by atoms with E-state index >= 15 is 0 Å². The lowest BCUT2D eigenvalue weighted by Crippen LogP contribution is -2.45. The van der Waals surface area contributed by atoms with Gasteiger partial charge in [0.1, 0.15) is 0 Å². The Hall–Kier alpha value is -1.92. The van der Waals surface area contributed by atoms with E-state index in [4.69, 9.17) is 4.74 Å². The van der Waals surface area contributed by atoms with Crippen LogP contribution in [-0.4, -0.2) is 47.4 Å². The maximum absolute atomic E-state index is 12.5. The van der Waals surface area contributed by atoms with E-state index in [1.807, 2.05) is 6.08 Å². The van der Waals surface area contributed by atoms with Crippen molar-refractivity contribution in [1.82, 2.24) is 5.32 Å². The first kappa shape index (κ1) is 66.1. The van der Waals surface area contributed by atoms with E-state index in [1.54, 1.807) is 6.08 Å². The summed E-state index contributed by atoms with van der Waals surface area (Å²) in [6.45, 7) is 4.88. The summed E-state index contributed by atoms with van der Waals surface area (Å²) in [6, 6.07) is -0.640.